The van der Waals surface area contributed by atoms with E-state index in [1.54, 1.807) is 0 Å². The Balaban J connectivity index is 2.25. The van der Waals surface area contributed by atoms with Crippen LogP contribution in [0.2, 0.25) is 0 Å². The molecule has 0 heterocycles. The topological polar surface area (TPSA) is 37.3 Å². The standard InChI is InChI=1S/C15H16O2/c1-9(2)15(14(16)17)12-7-8-13(15)11-6-4-3-5-10(11)12/h3-6,12-13H,1,7-8H2,2H3,(H,16,17)/t12-,13-/m0/s1. The highest BCUT2D eigenvalue weighted by Gasteiger charge is 2.62. The van der Waals surface area contributed by atoms with E-state index in [1.165, 1.54) is 11.1 Å². The van der Waals surface area contributed by atoms with Crippen molar-refractivity contribution in [1.82, 2.24) is 0 Å². The van der Waals surface area contributed by atoms with Crippen LogP contribution >= 0.6 is 0 Å². The minimum absolute atomic E-state index is 0.124. The first-order chi connectivity index (χ1) is 8.10. The van der Waals surface area contributed by atoms with Crippen molar-refractivity contribution in [2.24, 2.45) is 5.41 Å². The van der Waals surface area contributed by atoms with Crippen molar-refractivity contribution in [3.8, 4) is 0 Å². The van der Waals surface area contributed by atoms with Crippen molar-refractivity contribution < 1.29 is 9.90 Å². The number of fused-ring (bicyclic) bond motifs is 5. The fourth-order valence-electron chi connectivity index (χ4n) is 4.05. The largest absolute Gasteiger partial charge is 0.481 e. The quantitative estimate of drug-likeness (QED) is 0.788. The second kappa shape index (κ2) is 3.22. The van der Waals surface area contributed by atoms with Crippen molar-refractivity contribution in [3.63, 3.8) is 0 Å². The summed E-state index contributed by atoms with van der Waals surface area (Å²) >= 11 is 0. The van der Waals surface area contributed by atoms with Gasteiger partial charge in [0.15, 0.2) is 0 Å². The Morgan fingerprint density at radius 1 is 1.29 bits per heavy atom. The highest BCUT2D eigenvalue weighted by molar-refractivity contribution is 5.84. The molecular formula is C15H16O2. The maximum Gasteiger partial charge on any atom is 0.315 e. The lowest BCUT2D eigenvalue weighted by Crippen LogP contribution is -2.35. The van der Waals surface area contributed by atoms with E-state index in [9.17, 15) is 9.90 Å². The van der Waals surface area contributed by atoms with Crippen LogP contribution in [0.15, 0.2) is 36.4 Å². The van der Waals surface area contributed by atoms with Gasteiger partial charge < -0.3 is 5.11 Å². The van der Waals surface area contributed by atoms with Crippen LogP contribution in [0.3, 0.4) is 0 Å². The molecule has 2 heteroatoms. The number of carboxylic acids is 1. The van der Waals surface area contributed by atoms with Crippen LogP contribution in [-0.4, -0.2) is 11.1 Å². The zero-order chi connectivity index (χ0) is 12.2. The van der Waals surface area contributed by atoms with Crippen molar-refractivity contribution >= 4 is 5.97 Å². The number of carboxylic acid groups (broad SMARTS) is 1. The number of aliphatic carboxylic acids is 1. The average Bonchev–Trinajstić information content (AvgIpc) is 2.81. The van der Waals surface area contributed by atoms with Gasteiger partial charge in [0.2, 0.25) is 0 Å². The van der Waals surface area contributed by atoms with Crippen LogP contribution in [0.5, 0.6) is 0 Å². The smallest absolute Gasteiger partial charge is 0.315 e. The van der Waals surface area contributed by atoms with Crippen LogP contribution in [0.4, 0.5) is 0 Å². The number of carbonyl (C=O) groups is 1. The molecule has 2 nitrogen and oxygen atoms in total. The summed E-state index contributed by atoms with van der Waals surface area (Å²) in [5.74, 6) is -0.453. The van der Waals surface area contributed by atoms with Crippen LogP contribution in [-0.2, 0) is 4.79 Å². The molecule has 0 radical (unpaired) electrons. The summed E-state index contributed by atoms with van der Waals surface area (Å²) in [5, 5.41) is 9.73. The molecule has 2 aliphatic rings. The summed E-state index contributed by atoms with van der Waals surface area (Å²) in [6, 6.07) is 8.18. The van der Waals surface area contributed by atoms with Gasteiger partial charge in [-0.3, -0.25) is 4.79 Å². The van der Waals surface area contributed by atoms with Crippen molar-refractivity contribution in [3.05, 3.63) is 47.5 Å². The van der Waals surface area contributed by atoms with E-state index >= 15 is 0 Å². The van der Waals surface area contributed by atoms with Gasteiger partial charge in [0, 0.05) is 11.8 Å². The van der Waals surface area contributed by atoms with Gasteiger partial charge in [0.25, 0.3) is 0 Å². The molecular weight excluding hydrogens is 212 g/mol. The molecule has 0 aromatic heterocycles. The SMILES string of the molecule is C=C(C)C1(C(=O)O)[C@H]2CC[C@H]1c1ccccc12. The Morgan fingerprint density at radius 2 is 1.76 bits per heavy atom. The minimum Gasteiger partial charge on any atom is -0.481 e. The molecule has 0 spiro atoms. The van der Waals surface area contributed by atoms with Crippen molar-refractivity contribution in [2.45, 2.75) is 31.6 Å². The molecule has 0 saturated heterocycles. The van der Waals surface area contributed by atoms with Gasteiger partial charge in [-0.25, -0.2) is 0 Å². The predicted molar refractivity (Wildman–Crippen MR) is 66.0 cm³/mol. The first-order valence-electron chi connectivity index (χ1n) is 6.08. The van der Waals surface area contributed by atoms with E-state index in [0.29, 0.717) is 0 Å². The molecule has 0 unspecified atom stereocenters. The molecule has 0 amide bonds. The summed E-state index contributed by atoms with van der Waals surface area (Å²) in [6.07, 6.45) is 1.95. The lowest BCUT2D eigenvalue weighted by atomic mass is 9.71. The normalized spacial score (nSPS) is 33.5. The minimum atomic E-state index is -0.746. The van der Waals surface area contributed by atoms with E-state index in [0.717, 1.165) is 18.4 Å². The fourth-order valence-corrected chi connectivity index (χ4v) is 4.05. The van der Waals surface area contributed by atoms with Gasteiger partial charge in [-0.05, 0) is 30.9 Å². The van der Waals surface area contributed by atoms with Gasteiger partial charge in [-0.2, -0.15) is 0 Å². The van der Waals surface area contributed by atoms with Crippen molar-refractivity contribution in [1.29, 1.82) is 0 Å². The molecule has 2 bridgehead atoms. The first-order valence-corrected chi connectivity index (χ1v) is 6.08. The van der Waals surface area contributed by atoms with E-state index < -0.39 is 11.4 Å². The van der Waals surface area contributed by atoms with E-state index in [2.05, 4.69) is 18.7 Å². The summed E-state index contributed by atoms with van der Waals surface area (Å²) in [7, 11) is 0. The first kappa shape index (κ1) is 10.6. The lowest BCUT2D eigenvalue weighted by Gasteiger charge is -2.30. The lowest BCUT2D eigenvalue weighted by molar-refractivity contribution is -0.147. The third kappa shape index (κ3) is 1.03. The molecule has 1 aromatic carbocycles. The summed E-state index contributed by atoms with van der Waals surface area (Å²) < 4.78 is 0. The molecule has 3 rings (SSSR count). The summed E-state index contributed by atoms with van der Waals surface area (Å²) in [5.41, 5.74) is 2.51. The highest BCUT2D eigenvalue weighted by Crippen LogP contribution is 2.67. The van der Waals surface area contributed by atoms with Gasteiger partial charge in [0.05, 0.1) is 0 Å². The predicted octanol–water partition coefficient (Wildman–Crippen LogP) is 3.31. The second-order valence-corrected chi connectivity index (χ2v) is 5.27. The maximum atomic E-state index is 11.8. The van der Waals surface area contributed by atoms with Gasteiger partial charge in [-0.1, -0.05) is 36.4 Å². The zero-order valence-electron chi connectivity index (χ0n) is 9.94. The summed E-state index contributed by atoms with van der Waals surface area (Å²) in [4.78, 5) is 11.8. The fraction of sp³-hybridized carbons (Fsp3) is 0.400. The van der Waals surface area contributed by atoms with Crippen molar-refractivity contribution in [2.75, 3.05) is 0 Å². The molecule has 2 atom stereocenters. The monoisotopic (exact) mass is 228 g/mol. The van der Waals surface area contributed by atoms with Gasteiger partial charge in [0.1, 0.15) is 5.41 Å². The molecule has 2 aliphatic carbocycles. The molecule has 1 saturated carbocycles. The number of rotatable bonds is 2. The third-order valence-corrected chi connectivity index (χ3v) is 4.65. The Kier molecular flexibility index (Phi) is 2.00. The number of hydrogen-bond donors (Lipinski definition) is 1. The van der Waals surface area contributed by atoms with Gasteiger partial charge >= 0.3 is 5.97 Å². The van der Waals surface area contributed by atoms with Gasteiger partial charge in [-0.15, -0.1) is 0 Å². The molecule has 88 valence electrons. The number of hydrogen-bond acceptors (Lipinski definition) is 1. The Bertz CT molecular complexity index is 468. The Hall–Kier alpha value is -1.57. The highest BCUT2D eigenvalue weighted by atomic mass is 16.4. The maximum absolute atomic E-state index is 11.8. The average molecular weight is 228 g/mol. The van der Waals surface area contributed by atoms with Crippen LogP contribution in [0, 0.1) is 5.41 Å². The molecule has 0 aliphatic heterocycles. The number of benzene rings is 1. The van der Waals surface area contributed by atoms with Crippen LogP contribution in [0.25, 0.3) is 0 Å². The molecule has 1 fully saturated rings. The zero-order valence-corrected chi connectivity index (χ0v) is 9.94. The Labute approximate surface area is 101 Å². The third-order valence-electron chi connectivity index (χ3n) is 4.65. The van der Waals surface area contributed by atoms with E-state index in [-0.39, 0.29) is 11.8 Å². The second-order valence-electron chi connectivity index (χ2n) is 5.27. The van der Waals surface area contributed by atoms with E-state index in [1.807, 2.05) is 19.1 Å². The van der Waals surface area contributed by atoms with Crippen LogP contribution < -0.4 is 0 Å². The molecule has 1 N–H and O–H groups in total. The molecule has 1 aromatic rings. The summed E-state index contributed by atoms with van der Waals surface area (Å²) in [6.45, 7) is 5.84. The molecule has 17 heavy (non-hydrogen) atoms. The Morgan fingerprint density at radius 3 is 2.12 bits per heavy atom. The van der Waals surface area contributed by atoms with E-state index in [4.69, 9.17) is 0 Å². The van der Waals surface area contributed by atoms with Crippen LogP contribution in [0.1, 0.15) is 42.7 Å².